The summed E-state index contributed by atoms with van der Waals surface area (Å²) < 4.78 is 6.19. The van der Waals surface area contributed by atoms with Crippen molar-refractivity contribution in [3.63, 3.8) is 0 Å². The number of nitrogens with one attached hydrogen (secondary N) is 1. The lowest BCUT2D eigenvalue weighted by molar-refractivity contribution is 0.176. The highest BCUT2D eigenvalue weighted by molar-refractivity contribution is 6.31. The lowest BCUT2D eigenvalue weighted by Gasteiger charge is -2.34. The number of ether oxygens (including phenoxy) is 1. The van der Waals surface area contributed by atoms with Gasteiger partial charge in [0.2, 0.25) is 0 Å². The minimum atomic E-state index is -0.0420. The maximum Gasteiger partial charge on any atom is 0.146 e. The fraction of sp³-hybridized carbons (Fsp3) is 0.250. The fourth-order valence-corrected chi connectivity index (χ4v) is 2.95. The lowest BCUT2D eigenvalue weighted by atomic mass is 10.0. The molecule has 0 saturated carbocycles. The van der Waals surface area contributed by atoms with Crippen LogP contribution in [0.3, 0.4) is 0 Å². The van der Waals surface area contributed by atoms with E-state index in [9.17, 15) is 0 Å². The molecule has 1 heterocycles. The van der Waals surface area contributed by atoms with Crippen molar-refractivity contribution in [2.24, 2.45) is 0 Å². The molecule has 0 aliphatic carbocycles. The van der Waals surface area contributed by atoms with Crippen LogP contribution in [0.2, 0.25) is 10.0 Å². The molecule has 0 amide bonds. The SMILES string of the molecule is Cc1cc(Cl)cc2c1OC(c1ccc(Cl)cc1)C(C)N2. The summed E-state index contributed by atoms with van der Waals surface area (Å²) in [6.07, 6.45) is -0.0420. The van der Waals surface area contributed by atoms with Crippen LogP contribution in [0.15, 0.2) is 36.4 Å². The van der Waals surface area contributed by atoms with E-state index < -0.39 is 0 Å². The van der Waals surface area contributed by atoms with Gasteiger partial charge in [0.15, 0.2) is 0 Å². The smallest absolute Gasteiger partial charge is 0.146 e. The molecule has 4 heteroatoms. The lowest BCUT2D eigenvalue weighted by Crippen LogP contribution is -2.32. The van der Waals surface area contributed by atoms with Crippen LogP contribution in [0.25, 0.3) is 0 Å². The Hall–Kier alpha value is -1.38. The first kappa shape index (κ1) is 13.6. The number of anilines is 1. The molecular formula is C16H15Cl2NO. The number of hydrogen-bond acceptors (Lipinski definition) is 2. The molecular weight excluding hydrogens is 293 g/mol. The van der Waals surface area contributed by atoms with Gasteiger partial charge in [-0.15, -0.1) is 0 Å². The van der Waals surface area contributed by atoms with Crippen molar-refractivity contribution in [1.82, 2.24) is 0 Å². The molecule has 2 aromatic rings. The predicted octanol–water partition coefficient (Wildman–Crippen LogP) is 5.24. The van der Waals surface area contributed by atoms with Gasteiger partial charge in [-0.1, -0.05) is 35.3 Å². The number of benzene rings is 2. The van der Waals surface area contributed by atoms with Gasteiger partial charge in [-0.05, 0) is 49.2 Å². The monoisotopic (exact) mass is 307 g/mol. The van der Waals surface area contributed by atoms with E-state index >= 15 is 0 Å². The van der Waals surface area contributed by atoms with Gasteiger partial charge in [0.05, 0.1) is 11.7 Å². The summed E-state index contributed by atoms with van der Waals surface area (Å²) in [7, 11) is 0. The van der Waals surface area contributed by atoms with E-state index in [0.717, 1.165) is 32.6 Å². The molecule has 0 fully saturated rings. The minimum Gasteiger partial charge on any atom is -0.481 e. The molecule has 20 heavy (non-hydrogen) atoms. The predicted molar refractivity (Wildman–Crippen MR) is 84.1 cm³/mol. The quantitative estimate of drug-likeness (QED) is 0.778. The highest BCUT2D eigenvalue weighted by Gasteiger charge is 2.28. The van der Waals surface area contributed by atoms with E-state index in [4.69, 9.17) is 27.9 Å². The van der Waals surface area contributed by atoms with Crippen molar-refractivity contribution in [3.05, 3.63) is 57.6 Å². The zero-order chi connectivity index (χ0) is 14.3. The van der Waals surface area contributed by atoms with Crippen LogP contribution < -0.4 is 10.1 Å². The maximum absolute atomic E-state index is 6.19. The van der Waals surface area contributed by atoms with Crippen molar-refractivity contribution >= 4 is 28.9 Å². The van der Waals surface area contributed by atoms with Crippen molar-refractivity contribution in [2.45, 2.75) is 26.0 Å². The Morgan fingerprint density at radius 2 is 1.75 bits per heavy atom. The molecule has 0 aromatic heterocycles. The number of rotatable bonds is 1. The molecule has 3 rings (SSSR count). The summed E-state index contributed by atoms with van der Waals surface area (Å²) >= 11 is 12.0. The van der Waals surface area contributed by atoms with E-state index in [1.54, 1.807) is 0 Å². The molecule has 2 nitrogen and oxygen atoms in total. The van der Waals surface area contributed by atoms with Crippen molar-refractivity contribution in [2.75, 3.05) is 5.32 Å². The highest BCUT2D eigenvalue weighted by atomic mass is 35.5. The summed E-state index contributed by atoms with van der Waals surface area (Å²) in [6.45, 7) is 4.10. The van der Waals surface area contributed by atoms with E-state index in [-0.39, 0.29) is 12.1 Å². The third-order valence-corrected chi connectivity index (χ3v) is 3.99. The van der Waals surface area contributed by atoms with Crippen LogP contribution >= 0.6 is 23.2 Å². The second-order valence-electron chi connectivity index (χ2n) is 5.12. The summed E-state index contributed by atoms with van der Waals surface area (Å²) in [6, 6.07) is 11.7. The van der Waals surface area contributed by atoms with Crippen LogP contribution in [0, 0.1) is 6.92 Å². The summed E-state index contributed by atoms with van der Waals surface area (Å²) in [5.41, 5.74) is 3.09. The third kappa shape index (κ3) is 2.46. The Morgan fingerprint density at radius 3 is 2.45 bits per heavy atom. The number of aryl methyl sites for hydroxylation is 1. The molecule has 1 aliphatic heterocycles. The van der Waals surface area contributed by atoms with Gasteiger partial charge >= 0.3 is 0 Å². The molecule has 1 aliphatic rings. The van der Waals surface area contributed by atoms with Crippen LogP contribution in [0.4, 0.5) is 5.69 Å². The Bertz CT molecular complexity index is 640. The molecule has 1 N–H and O–H groups in total. The average Bonchev–Trinajstić information content (AvgIpc) is 2.39. The normalized spacial score (nSPS) is 20.8. The first-order valence-electron chi connectivity index (χ1n) is 6.53. The van der Waals surface area contributed by atoms with Gasteiger partial charge < -0.3 is 10.1 Å². The molecule has 0 saturated heterocycles. The van der Waals surface area contributed by atoms with Gasteiger partial charge in [-0.3, -0.25) is 0 Å². The standard InChI is InChI=1S/C16H15Cl2NO/c1-9-7-13(18)8-14-15(9)20-16(10(2)19-14)11-3-5-12(17)6-4-11/h3-8,10,16,19H,1-2H3. The van der Waals surface area contributed by atoms with Crippen LogP contribution in [0.1, 0.15) is 24.2 Å². The number of halogens is 2. The topological polar surface area (TPSA) is 21.3 Å². The second kappa shape index (κ2) is 5.19. The summed E-state index contributed by atoms with van der Waals surface area (Å²) in [4.78, 5) is 0. The Kier molecular flexibility index (Phi) is 3.53. The Morgan fingerprint density at radius 1 is 1.05 bits per heavy atom. The van der Waals surface area contributed by atoms with E-state index in [2.05, 4.69) is 12.2 Å². The zero-order valence-corrected chi connectivity index (χ0v) is 12.8. The summed E-state index contributed by atoms with van der Waals surface area (Å²) in [5, 5.41) is 4.91. The number of hydrogen-bond donors (Lipinski definition) is 1. The zero-order valence-electron chi connectivity index (χ0n) is 11.3. The molecule has 2 atom stereocenters. The van der Waals surface area contributed by atoms with Gasteiger partial charge in [-0.2, -0.15) is 0 Å². The average molecular weight is 308 g/mol. The molecule has 2 aromatic carbocycles. The second-order valence-corrected chi connectivity index (χ2v) is 6.00. The summed E-state index contributed by atoms with van der Waals surface area (Å²) in [5.74, 6) is 0.868. The third-order valence-electron chi connectivity index (χ3n) is 3.52. The van der Waals surface area contributed by atoms with Gasteiger partial charge in [0.25, 0.3) is 0 Å². The van der Waals surface area contributed by atoms with Crippen molar-refractivity contribution < 1.29 is 4.74 Å². The highest BCUT2D eigenvalue weighted by Crippen LogP contribution is 2.41. The largest absolute Gasteiger partial charge is 0.481 e. The van der Waals surface area contributed by atoms with Gasteiger partial charge in [-0.25, -0.2) is 0 Å². The van der Waals surface area contributed by atoms with E-state index in [0.29, 0.717) is 0 Å². The fourth-order valence-electron chi connectivity index (χ4n) is 2.55. The first-order chi connectivity index (χ1) is 9.54. The van der Waals surface area contributed by atoms with Gasteiger partial charge in [0.1, 0.15) is 11.9 Å². The maximum atomic E-state index is 6.19. The van der Waals surface area contributed by atoms with Crippen LogP contribution in [0.5, 0.6) is 5.75 Å². The molecule has 104 valence electrons. The Labute approximate surface area is 128 Å². The molecule has 0 spiro atoms. The molecule has 2 unspecified atom stereocenters. The van der Waals surface area contributed by atoms with E-state index in [1.165, 1.54) is 0 Å². The van der Waals surface area contributed by atoms with Crippen LogP contribution in [-0.2, 0) is 0 Å². The molecule has 0 radical (unpaired) electrons. The van der Waals surface area contributed by atoms with E-state index in [1.807, 2.05) is 43.3 Å². The van der Waals surface area contributed by atoms with Crippen molar-refractivity contribution in [1.29, 1.82) is 0 Å². The van der Waals surface area contributed by atoms with Gasteiger partial charge in [0, 0.05) is 10.0 Å². The number of fused-ring (bicyclic) bond motifs is 1. The van der Waals surface area contributed by atoms with Crippen molar-refractivity contribution in [3.8, 4) is 5.75 Å². The first-order valence-corrected chi connectivity index (χ1v) is 7.29. The van der Waals surface area contributed by atoms with Crippen LogP contribution in [-0.4, -0.2) is 6.04 Å². The minimum absolute atomic E-state index is 0.0420. The Balaban J connectivity index is 1.98. The molecule has 0 bridgehead atoms.